The predicted molar refractivity (Wildman–Crippen MR) is 110 cm³/mol. The highest BCUT2D eigenvalue weighted by Gasteiger charge is 2.34. The maximum Gasteiger partial charge on any atom is 0.417 e. The number of halogens is 4. The first-order chi connectivity index (χ1) is 14.9. The maximum atomic E-state index is 13.7. The van der Waals surface area contributed by atoms with Gasteiger partial charge in [0.1, 0.15) is 11.6 Å². The second-order valence-corrected chi connectivity index (χ2v) is 6.98. The number of nitrogens with zero attached hydrogens (tertiary/aromatic N) is 3. The fourth-order valence-corrected chi connectivity index (χ4v) is 3.54. The lowest BCUT2D eigenvalue weighted by Gasteiger charge is -2.26. The number of para-hydroxylation sites is 1. The number of benzene rings is 3. The molecule has 1 atom stereocenters. The number of nitrogens with one attached hydrogen (secondary N) is 2. The van der Waals surface area contributed by atoms with Gasteiger partial charge in [-0.1, -0.05) is 30.3 Å². The molecule has 0 bridgehead atoms. The smallest absolute Gasteiger partial charge is 0.417 e. The molecule has 2 N–H and O–H groups in total. The number of hydrogen-bond donors (Lipinski definition) is 2. The summed E-state index contributed by atoms with van der Waals surface area (Å²) in [4.78, 5) is 8.76. The van der Waals surface area contributed by atoms with Crippen molar-refractivity contribution < 1.29 is 17.6 Å². The first-order valence-corrected chi connectivity index (χ1v) is 9.35. The van der Waals surface area contributed by atoms with Crippen LogP contribution in [-0.4, -0.2) is 9.97 Å². The van der Waals surface area contributed by atoms with Gasteiger partial charge in [0.25, 0.3) is 0 Å². The van der Waals surface area contributed by atoms with Crippen molar-refractivity contribution in [3.8, 4) is 11.4 Å². The van der Waals surface area contributed by atoms with Gasteiger partial charge in [0, 0.05) is 16.6 Å². The van der Waals surface area contributed by atoms with Crippen LogP contribution < -0.4 is 10.7 Å². The van der Waals surface area contributed by atoms with E-state index in [4.69, 9.17) is 0 Å². The van der Waals surface area contributed by atoms with Crippen LogP contribution in [0.15, 0.2) is 66.7 Å². The van der Waals surface area contributed by atoms with Crippen LogP contribution in [0.4, 0.5) is 29.1 Å². The zero-order valence-corrected chi connectivity index (χ0v) is 15.8. The zero-order valence-electron chi connectivity index (χ0n) is 15.8. The molecule has 5 rings (SSSR count). The van der Waals surface area contributed by atoms with Gasteiger partial charge in [-0.05, 0) is 48.1 Å². The van der Waals surface area contributed by atoms with Gasteiger partial charge in [-0.3, -0.25) is 0 Å². The molecule has 0 aliphatic carbocycles. The van der Waals surface area contributed by atoms with E-state index in [0.29, 0.717) is 28.0 Å². The Morgan fingerprint density at radius 1 is 0.935 bits per heavy atom. The number of aromatic nitrogens is 2. The molecule has 1 aliphatic rings. The molecule has 2 heterocycles. The minimum atomic E-state index is -4.56. The van der Waals surface area contributed by atoms with Crippen LogP contribution in [0.2, 0.25) is 0 Å². The largest absolute Gasteiger partial charge is 0.547 e. The van der Waals surface area contributed by atoms with Crippen molar-refractivity contribution in [2.75, 3.05) is 10.7 Å². The molecule has 0 saturated carbocycles. The van der Waals surface area contributed by atoms with Crippen molar-refractivity contribution in [1.82, 2.24) is 9.97 Å². The summed E-state index contributed by atoms with van der Waals surface area (Å²) in [6.45, 7) is 0. The molecule has 0 saturated heterocycles. The molecule has 4 aromatic rings. The van der Waals surface area contributed by atoms with E-state index in [1.54, 1.807) is 30.3 Å². The molecule has 1 aromatic heterocycles. The first kappa shape index (κ1) is 19.3. The maximum absolute atomic E-state index is 13.7. The Balaban J connectivity index is 1.63. The summed E-state index contributed by atoms with van der Waals surface area (Å²) in [5, 5.41) is 3.71. The Morgan fingerprint density at radius 2 is 1.71 bits per heavy atom. The molecule has 156 valence electrons. The van der Waals surface area contributed by atoms with Gasteiger partial charge in [0.2, 0.25) is 0 Å². The fourth-order valence-electron chi connectivity index (χ4n) is 3.54. The van der Waals surface area contributed by atoms with Crippen LogP contribution in [0.5, 0.6) is 0 Å². The van der Waals surface area contributed by atoms with Gasteiger partial charge in [-0.25, -0.2) is 14.4 Å². The van der Waals surface area contributed by atoms with Crippen LogP contribution in [0, 0.1) is 5.82 Å². The lowest BCUT2D eigenvalue weighted by Crippen LogP contribution is -2.11. The highest BCUT2D eigenvalue weighted by Crippen LogP contribution is 2.40. The van der Waals surface area contributed by atoms with Crippen LogP contribution in [0.1, 0.15) is 17.3 Å². The van der Waals surface area contributed by atoms with Gasteiger partial charge < -0.3 is 16.2 Å². The lowest BCUT2D eigenvalue weighted by atomic mass is 10.1. The summed E-state index contributed by atoms with van der Waals surface area (Å²) in [6, 6.07) is 16.4. The third-order valence-electron chi connectivity index (χ3n) is 4.97. The van der Waals surface area contributed by atoms with Crippen molar-refractivity contribution in [2.24, 2.45) is 0 Å². The molecule has 0 fully saturated rings. The summed E-state index contributed by atoms with van der Waals surface area (Å²) < 4.78 is 54.4. The molecular formula is C22H14F4N5-. The van der Waals surface area contributed by atoms with Crippen LogP contribution in [0.25, 0.3) is 27.7 Å². The summed E-state index contributed by atoms with van der Waals surface area (Å²) in [6.07, 6.45) is -5.23. The number of fused-ring (bicyclic) bond motifs is 2. The quantitative estimate of drug-likeness (QED) is 0.380. The standard InChI is InChI=1S/C22H14F4N5/c23-12-9-10-18-15(11-12)21(31-30-18)29-20-14-6-2-4-8-17(14)27-19(28-20)13-5-1-3-7-16(13)22(24,25)26/h1-11,21,30H,(H,27,28,29)/q-1. The molecule has 1 aliphatic heterocycles. The molecule has 0 radical (unpaired) electrons. The fraction of sp³-hybridized carbons (Fsp3) is 0.0909. The number of anilines is 2. The second-order valence-electron chi connectivity index (χ2n) is 6.98. The minimum Gasteiger partial charge on any atom is -0.547 e. The predicted octanol–water partition coefficient (Wildman–Crippen LogP) is 6.28. The van der Waals surface area contributed by atoms with Crippen LogP contribution in [0.3, 0.4) is 0 Å². The van der Waals surface area contributed by atoms with Crippen molar-refractivity contribution in [3.63, 3.8) is 0 Å². The van der Waals surface area contributed by atoms with E-state index < -0.39 is 23.7 Å². The van der Waals surface area contributed by atoms with E-state index in [1.807, 2.05) is 0 Å². The van der Waals surface area contributed by atoms with E-state index in [-0.39, 0.29) is 11.4 Å². The molecule has 9 heteroatoms. The summed E-state index contributed by atoms with van der Waals surface area (Å²) in [7, 11) is 0. The summed E-state index contributed by atoms with van der Waals surface area (Å²) in [5.74, 6) is -0.193. The monoisotopic (exact) mass is 424 g/mol. The van der Waals surface area contributed by atoms with Crippen molar-refractivity contribution in [1.29, 1.82) is 0 Å². The van der Waals surface area contributed by atoms with E-state index in [1.165, 1.54) is 30.3 Å². The normalized spacial score (nSPS) is 15.5. The zero-order chi connectivity index (χ0) is 21.6. The summed E-state index contributed by atoms with van der Waals surface area (Å²) >= 11 is 0. The van der Waals surface area contributed by atoms with Crippen molar-refractivity contribution in [2.45, 2.75) is 12.3 Å². The van der Waals surface area contributed by atoms with E-state index in [2.05, 4.69) is 26.1 Å². The highest BCUT2D eigenvalue weighted by atomic mass is 19.4. The molecule has 0 amide bonds. The third kappa shape index (κ3) is 3.53. The average Bonchev–Trinajstić information content (AvgIpc) is 3.15. The Bertz CT molecular complexity index is 1290. The molecular weight excluding hydrogens is 410 g/mol. The Morgan fingerprint density at radius 3 is 2.55 bits per heavy atom. The van der Waals surface area contributed by atoms with Crippen molar-refractivity contribution in [3.05, 3.63) is 89.1 Å². The third-order valence-corrected chi connectivity index (χ3v) is 4.97. The molecule has 1 unspecified atom stereocenters. The SMILES string of the molecule is Fc1ccc2c(c1)C(Nc1nc(-c3ccccc3C(F)(F)F)nc3ccccc13)[N-]N2. The topological polar surface area (TPSA) is 63.9 Å². The van der Waals surface area contributed by atoms with E-state index in [9.17, 15) is 17.6 Å². The van der Waals surface area contributed by atoms with Crippen molar-refractivity contribution >= 4 is 22.4 Å². The second kappa shape index (κ2) is 7.21. The minimum absolute atomic E-state index is 0.0699. The Kier molecular flexibility index (Phi) is 4.48. The molecule has 0 spiro atoms. The number of rotatable bonds is 3. The van der Waals surface area contributed by atoms with Gasteiger partial charge >= 0.3 is 6.18 Å². The average molecular weight is 424 g/mol. The number of alkyl halides is 3. The summed E-state index contributed by atoms with van der Waals surface area (Å²) in [5.41, 5.74) is 7.79. The molecule has 5 nitrogen and oxygen atoms in total. The Hall–Kier alpha value is -3.72. The molecule has 31 heavy (non-hydrogen) atoms. The van der Waals surface area contributed by atoms with Gasteiger partial charge in [0.05, 0.1) is 11.1 Å². The van der Waals surface area contributed by atoms with Crippen LogP contribution in [-0.2, 0) is 6.18 Å². The highest BCUT2D eigenvalue weighted by molar-refractivity contribution is 5.91. The van der Waals surface area contributed by atoms with Gasteiger partial charge in [-0.15, -0.1) is 0 Å². The molecule has 3 aromatic carbocycles. The Labute approximate surface area is 174 Å². The van der Waals surface area contributed by atoms with E-state index >= 15 is 0 Å². The van der Waals surface area contributed by atoms with E-state index in [0.717, 1.165) is 6.07 Å². The lowest BCUT2D eigenvalue weighted by molar-refractivity contribution is -0.137. The van der Waals surface area contributed by atoms with Gasteiger partial charge in [0.15, 0.2) is 5.82 Å². The van der Waals surface area contributed by atoms with Crippen LogP contribution >= 0.6 is 0 Å². The number of hydrogen-bond acceptors (Lipinski definition) is 4. The first-order valence-electron chi connectivity index (χ1n) is 9.35. The van der Waals surface area contributed by atoms with Gasteiger partial charge in [-0.2, -0.15) is 13.2 Å².